The molecule has 0 N–H and O–H groups in total. The second kappa shape index (κ2) is 10.1. The molecule has 0 spiro atoms. The summed E-state index contributed by atoms with van der Waals surface area (Å²) in [7, 11) is 0. The van der Waals surface area contributed by atoms with Crippen molar-refractivity contribution in [2.24, 2.45) is 0 Å². The summed E-state index contributed by atoms with van der Waals surface area (Å²) >= 11 is 0. The van der Waals surface area contributed by atoms with Gasteiger partial charge in [0, 0.05) is 16.7 Å². The Kier molecular flexibility index (Phi) is 5.79. The third-order valence-corrected chi connectivity index (χ3v) is 7.88. The van der Waals surface area contributed by atoms with Crippen LogP contribution >= 0.6 is 0 Å². The summed E-state index contributed by atoms with van der Waals surface area (Å²) in [6.45, 7) is 0. The highest BCUT2D eigenvalue weighted by Gasteiger charge is 2.15. The normalized spacial score (nSPS) is 11.3. The summed E-state index contributed by atoms with van der Waals surface area (Å²) in [5.41, 5.74) is 5.19. The van der Waals surface area contributed by atoms with E-state index in [4.69, 9.17) is 15.0 Å². The molecule has 196 valence electrons. The largest absolute Gasteiger partial charge is 0.208 e. The predicted molar refractivity (Wildman–Crippen MR) is 174 cm³/mol. The number of hydrogen-bond donors (Lipinski definition) is 0. The first kappa shape index (κ1) is 24.2. The third kappa shape index (κ3) is 4.20. The molecule has 8 aromatic rings. The molecular weight excluding hydrogens is 510 g/mol. The monoisotopic (exact) mass is 535 g/mol. The van der Waals surface area contributed by atoms with Crippen molar-refractivity contribution in [2.75, 3.05) is 0 Å². The maximum Gasteiger partial charge on any atom is 0.164 e. The molecule has 3 heteroatoms. The average Bonchev–Trinajstić information content (AvgIpc) is 3.08. The predicted octanol–water partition coefficient (Wildman–Crippen LogP) is 10.00. The molecule has 0 saturated carbocycles. The van der Waals surface area contributed by atoms with E-state index in [0.717, 1.165) is 22.3 Å². The Hall–Kier alpha value is -5.67. The van der Waals surface area contributed by atoms with Crippen molar-refractivity contribution in [1.82, 2.24) is 15.0 Å². The SMILES string of the molecule is c1ccc(-c2nc(-c3ccccc3)nc(-c3cccc(-c4cccc5ccc6ccc7ccccc7c6c45)c3)n2)cc1. The van der Waals surface area contributed by atoms with Gasteiger partial charge in [-0.1, -0.05) is 146 Å². The summed E-state index contributed by atoms with van der Waals surface area (Å²) in [6, 6.07) is 52.9. The van der Waals surface area contributed by atoms with Crippen LogP contribution in [0.5, 0.6) is 0 Å². The van der Waals surface area contributed by atoms with Crippen molar-refractivity contribution in [2.45, 2.75) is 0 Å². The van der Waals surface area contributed by atoms with Crippen LogP contribution in [-0.2, 0) is 0 Å². The first-order valence-electron chi connectivity index (χ1n) is 14.1. The smallest absolute Gasteiger partial charge is 0.164 e. The molecule has 0 amide bonds. The maximum atomic E-state index is 4.97. The van der Waals surface area contributed by atoms with Gasteiger partial charge in [-0.05, 0) is 49.5 Å². The van der Waals surface area contributed by atoms with E-state index < -0.39 is 0 Å². The van der Waals surface area contributed by atoms with Gasteiger partial charge >= 0.3 is 0 Å². The molecule has 42 heavy (non-hydrogen) atoms. The van der Waals surface area contributed by atoms with E-state index in [-0.39, 0.29) is 0 Å². The number of aromatic nitrogens is 3. The van der Waals surface area contributed by atoms with E-state index in [2.05, 4.69) is 91.0 Å². The fourth-order valence-electron chi connectivity index (χ4n) is 5.88. The van der Waals surface area contributed by atoms with Crippen molar-refractivity contribution in [3.05, 3.63) is 152 Å². The zero-order chi connectivity index (χ0) is 27.9. The van der Waals surface area contributed by atoms with Crippen LogP contribution in [0.4, 0.5) is 0 Å². The molecule has 0 unspecified atom stereocenters. The fraction of sp³-hybridized carbons (Fsp3) is 0. The van der Waals surface area contributed by atoms with Gasteiger partial charge in [-0.2, -0.15) is 0 Å². The molecule has 1 heterocycles. The van der Waals surface area contributed by atoms with Crippen LogP contribution in [0, 0.1) is 0 Å². The van der Waals surface area contributed by atoms with Crippen LogP contribution in [0.15, 0.2) is 152 Å². The fourth-order valence-corrected chi connectivity index (χ4v) is 5.88. The highest BCUT2D eigenvalue weighted by molar-refractivity contribution is 6.23. The van der Waals surface area contributed by atoms with Crippen LogP contribution in [0.2, 0.25) is 0 Å². The van der Waals surface area contributed by atoms with Crippen LogP contribution < -0.4 is 0 Å². The third-order valence-electron chi connectivity index (χ3n) is 7.88. The van der Waals surface area contributed by atoms with Gasteiger partial charge < -0.3 is 0 Å². The lowest BCUT2D eigenvalue weighted by Crippen LogP contribution is -2.00. The van der Waals surface area contributed by atoms with Gasteiger partial charge in [-0.15, -0.1) is 0 Å². The van der Waals surface area contributed by atoms with Gasteiger partial charge in [-0.3, -0.25) is 0 Å². The Balaban J connectivity index is 1.35. The van der Waals surface area contributed by atoms with Crippen LogP contribution in [0.1, 0.15) is 0 Å². The molecule has 1 aromatic heterocycles. The van der Waals surface area contributed by atoms with Crippen LogP contribution in [0.25, 0.3) is 77.6 Å². The summed E-state index contributed by atoms with van der Waals surface area (Å²) in [5, 5.41) is 7.51. The lowest BCUT2D eigenvalue weighted by molar-refractivity contribution is 1.07. The minimum atomic E-state index is 0.653. The number of benzene rings is 7. The van der Waals surface area contributed by atoms with Gasteiger partial charge in [0.1, 0.15) is 0 Å². The summed E-state index contributed by atoms with van der Waals surface area (Å²) in [6.07, 6.45) is 0. The first-order chi connectivity index (χ1) is 20.8. The van der Waals surface area contributed by atoms with Crippen molar-refractivity contribution in [3.8, 4) is 45.3 Å². The quantitative estimate of drug-likeness (QED) is 0.211. The lowest BCUT2D eigenvalue weighted by Gasteiger charge is -2.14. The number of nitrogens with zero attached hydrogens (tertiary/aromatic N) is 3. The molecule has 3 nitrogen and oxygen atoms in total. The van der Waals surface area contributed by atoms with Crippen molar-refractivity contribution in [3.63, 3.8) is 0 Å². The second-order valence-corrected chi connectivity index (χ2v) is 10.5. The molecule has 0 bridgehead atoms. The molecule has 0 aliphatic carbocycles. The molecule has 0 aliphatic heterocycles. The Morgan fingerprint density at radius 3 is 1.48 bits per heavy atom. The summed E-state index contributed by atoms with van der Waals surface area (Å²) in [4.78, 5) is 14.8. The molecule has 0 radical (unpaired) electrons. The van der Waals surface area contributed by atoms with E-state index in [1.165, 1.54) is 37.9 Å². The highest BCUT2D eigenvalue weighted by atomic mass is 15.0. The molecule has 0 fully saturated rings. The van der Waals surface area contributed by atoms with Crippen molar-refractivity contribution >= 4 is 32.3 Å². The zero-order valence-electron chi connectivity index (χ0n) is 22.8. The van der Waals surface area contributed by atoms with E-state index in [1.54, 1.807) is 0 Å². The maximum absolute atomic E-state index is 4.97. The summed E-state index contributed by atoms with van der Waals surface area (Å²) < 4.78 is 0. The second-order valence-electron chi connectivity index (χ2n) is 10.5. The Morgan fingerprint density at radius 2 is 0.786 bits per heavy atom. The lowest BCUT2D eigenvalue weighted by atomic mass is 9.90. The van der Waals surface area contributed by atoms with Gasteiger partial charge in [-0.25, -0.2) is 15.0 Å². The van der Waals surface area contributed by atoms with E-state index in [9.17, 15) is 0 Å². The highest BCUT2D eigenvalue weighted by Crippen LogP contribution is 2.39. The van der Waals surface area contributed by atoms with E-state index >= 15 is 0 Å². The van der Waals surface area contributed by atoms with Gasteiger partial charge in [0.15, 0.2) is 17.5 Å². The van der Waals surface area contributed by atoms with Crippen molar-refractivity contribution < 1.29 is 0 Å². The molecular formula is C39H25N3. The minimum absolute atomic E-state index is 0.653. The first-order valence-corrected chi connectivity index (χ1v) is 14.1. The van der Waals surface area contributed by atoms with Crippen molar-refractivity contribution in [1.29, 1.82) is 0 Å². The molecule has 0 saturated heterocycles. The Labute approximate surface area is 243 Å². The number of hydrogen-bond acceptors (Lipinski definition) is 3. The zero-order valence-corrected chi connectivity index (χ0v) is 22.8. The molecule has 7 aromatic carbocycles. The standard InChI is InChI=1S/C39H25N3/c1-3-12-29(13-4-1)37-40-38(30-14-5-2-6-15-30)42-39(41-37)32-18-9-17-31(25-32)34-20-10-16-27-23-24-28-22-21-26-11-7-8-19-33(26)36(28)35(27)34/h1-25H. The van der Waals surface area contributed by atoms with Crippen LogP contribution in [-0.4, -0.2) is 15.0 Å². The summed E-state index contributed by atoms with van der Waals surface area (Å²) in [5.74, 6) is 1.97. The van der Waals surface area contributed by atoms with E-state index in [0.29, 0.717) is 17.5 Å². The molecule has 8 rings (SSSR count). The minimum Gasteiger partial charge on any atom is -0.208 e. The Morgan fingerprint density at radius 1 is 0.310 bits per heavy atom. The van der Waals surface area contributed by atoms with Gasteiger partial charge in [0.05, 0.1) is 0 Å². The average molecular weight is 536 g/mol. The van der Waals surface area contributed by atoms with Gasteiger partial charge in [0.25, 0.3) is 0 Å². The number of fused-ring (bicyclic) bond motifs is 5. The number of rotatable bonds is 4. The molecule has 0 atom stereocenters. The van der Waals surface area contributed by atoms with Crippen LogP contribution in [0.3, 0.4) is 0 Å². The molecule has 0 aliphatic rings. The Bertz CT molecular complexity index is 2180. The topological polar surface area (TPSA) is 38.7 Å². The van der Waals surface area contributed by atoms with Gasteiger partial charge in [0.2, 0.25) is 0 Å². The van der Waals surface area contributed by atoms with E-state index in [1.807, 2.05) is 60.7 Å².